The van der Waals surface area contributed by atoms with Gasteiger partial charge in [-0.3, -0.25) is 4.79 Å². The van der Waals surface area contributed by atoms with E-state index in [1.807, 2.05) is 0 Å². The summed E-state index contributed by atoms with van der Waals surface area (Å²) < 4.78 is 40.0. The summed E-state index contributed by atoms with van der Waals surface area (Å²) in [6, 6.07) is 0. The average molecular weight is 240 g/mol. The van der Waals surface area contributed by atoms with Crippen LogP contribution in [0.4, 0.5) is 13.2 Å². The van der Waals surface area contributed by atoms with E-state index in [9.17, 15) is 27.6 Å². The summed E-state index contributed by atoms with van der Waals surface area (Å²) in [5, 5.41) is 8.21. The molecule has 16 heavy (non-hydrogen) atoms. The first-order chi connectivity index (χ1) is 7.20. The van der Waals surface area contributed by atoms with Crippen molar-refractivity contribution in [2.75, 3.05) is 6.61 Å². The summed E-state index contributed by atoms with van der Waals surface area (Å²) >= 11 is 0. The summed E-state index contributed by atoms with van der Waals surface area (Å²) in [5.41, 5.74) is -1.55. The minimum atomic E-state index is -5.33. The number of hydrogen-bond donors (Lipinski definition) is 1. The van der Waals surface area contributed by atoms with Crippen molar-refractivity contribution >= 4 is 17.7 Å². The summed E-state index contributed by atoms with van der Waals surface area (Å²) in [6.07, 6.45) is -5.46. The molecule has 0 saturated heterocycles. The van der Waals surface area contributed by atoms with Gasteiger partial charge in [-0.05, 0) is 6.92 Å². The van der Waals surface area contributed by atoms with Crippen molar-refractivity contribution in [1.82, 2.24) is 0 Å². The molecule has 0 aromatic rings. The normalized spacial score (nSPS) is 12.1. The van der Waals surface area contributed by atoms with Crippen LogP contribution in [-0.2, 0) is 19.1 Å². The van der Waals surface area contributed by atoms with Crippen molar-refractivity contribution in [2.24, 2.45) is 0 Å². The largest absolute Gasteiger partial charge is 0.478 e. The number of halogens is 3. The van der Waals surface area contributed by atoms with E-state index in [1.165, 1.54) is 6.92 Å². The number of carbonyl (C=O) groups excluding carboxylic acids is 2. The van der Waals surface area contributed by atoms with Crippen molar-refractivity contribution in [3.05, 3.63) is 11.6 Å². The van der Waals surface area contributed by atoms with Crippen LogP contribution in [0.5, 0.6) is 0 Å². The quantitative estimate of drug-likeness (QED) is 0.338. The molecule has 0 aromatic heterocycles. The van der Waals surface area contributed by atoms with E-state index >= 15 is 0 Å². The molecule has 90 valence electrons. The Balaban J connectivity index is 5.20. The van der Waals surface area contributed by atoms with E-state index in [-0.39, 0.29) is 12.7 Å². The second kappa shape index (κ2) is 5.29. The van der Waals surface area contributed by atoms with Gasteiger partial charge in [0.2, 0.25) is 0 Å². The van der Waals surface area contributed by atoms with E-state index in [0.717, 1.165) is 0 Å². The Morgan fingerprint density at radius 2 is 1.81 bits per heavy atom. The Labute approximate surface area is 87.5 Å². The molecule has 1 N–H and O–H groups in total. The number of hydrogen-bond acceptors (Lipinski definition) is 4. The number of alkyl halides is 3. The number of carboxylic acids is 1. The molecule has 0 heterocycles. The molecule has 0 spiro atoms. The van der Waals surface area contributed by atoms with Gasteiger partial charge in [0.1, 0.15) is 5.57 Å². The van der Waals surface area contributed by atoms with Crippen LogP contribution in [0.1, 0.15) is 6.92 Å². The summed E-state index contributed by atoms with van der Waals surface area (Å²) in [7, 11) is 0. The monoisotopic (exact) mass is 240 g/mol. The molecule has 0 radical (unpaired) electrons. The van der Waals surface area contributed by atoms with Crippen LogP contribution in [0.15, 0.2) is 11.6 Å². The highest BCUT2D eigenvalue weighted by molar-refractivity contribution is 6.21. The van der Waals surface area contributed by atoms with Gasteiger partial charge in [0.25, 0.3) is 5.78 Å². The highest BCUT2D eigenvalue weighted by Gasteiger charge is 2.43. The number of aliphatic carboxylic acids is 1. The van der Waals surface area contributed by atoms with E-state index < -0.39 is 29.5 Å². The van der Waals surface area contributed by atoms with Crippen molar-refractivity contribution in [3.8, 4) is 0 Å². The predicted molar refractivity (Wildman–Crippen MR) is 43.4 cm³/mol. The number of carboxylic acid groups (broad SMARTS) is 1. The number of ether oxygens (including phenoxy) is 1. The van der Waals surface area contributed by atoms with Crippen molar-refractivity contribution < 1.29 is 37.4 Å². The van der Waals surface area contributed by atoms with Gasteiger partial charge in [-0.2, -0.15) is 13.2 Å². The maximum atomic E-state index is 12.0. The Hall–Kier alpha value is -1.86. The standard InChI is InChI=1S/C8H7F3O5/c1-2-16-7(15)4(3-5(12)13)6(14)8(9,10)11/h3H,2H2,1H3,(H,12,13). The first-order valence-corrected chi connectivity index (χ1v) is 3.93. The lowest BCUT2D eigenvalue weighted by atomic mass is 10.1. The molecule has 0 bridgehead atoms. The van der Waals surface area contributed by atoms with Crippen LogP contribution in [0.25, 0.3) is 0 Å². The van der Waals surface area contributed by atoms with Crippen LogP contribution in [0.2, 0.25) is 0 Å². The van der Waals surface area contributed by atoms with Gasteiger partial charge in [-0.15, -0.1) is 0 Å². The molecule has 0 unspecified atom stereocenters. The van der Waals surface area contributed by atoms with Gasteiger partial charge in [0.15, 0.2) is 0 Å². The highest BCUT2D eigenvalue weighted by atomic mass is 19.4. The predicted octanol–water partition coefficient (Wildman–Crippen LogP) is 0.692. The lowest BCUT2D eigenvalue weighted by Gasteiger charge is -2.07. The van der Waals surface area contributed by atoms with Crippen molar-refractivity contribution in [2.45, 2.75) is 13.1 Å². The molecule has 0 atom stereocenters. The smallest absolute Gasteiger partial charge is 0.455 e. The minimum absolute atomic E-state index is 0.131. The summed E-state index contributed by atoms with van der Waals surface area (Å²) in [4.78, 5) is 31.7. The topological polar surface area (TPSA) is 80.7 Å². The first-order valence-electron chi connectivity index (χ1n) is 3.93. The molecular formula is C8H7F3O5. The van der Waals surface area contributed by atoms with Gasteiger partial charge in [0, 0.05) is 6.08 Å². The molecule has 0 amide bonds. The van der Waals surface area contributed by atoms with E-state index in [2.05, 4.69) is 4.74 Å². The Morgan fingerprint density at radius 1 is 1.31 bits per heavy atom. The van der Waals surface area contributed by atoms with Gasteiger partial charge in [-0.1, -0.05) is 0 Å². The third-order valence-corrected chi connectivity index (χ3v) is 1.27. The van der Waals surface area contributed by atoms with Crippen LogP contribution >= 0.6 is 0 Å². The summed E-state index contributed by atoms with van der Waals surface area (Å²) in [5.74, 6) is -6.01. The lowest BCUT2D eigenvalue weighted by molar-refractivity contribution is -0.169. The molecule has 0 fully saturated rings. The fraction of sp³-hybridized carbons (Fsp3) is 0.375. The molecule has 5 nitrogen and oxygen atoms in total. The molecule has 0 saturated carbocycles. The number of esters is 1. The Morgan fingerprint density at radius 3 is 2.12 bits per heavy atom. The molecule has 0 aliphatic rings. The van der Waals surface area contributed by atoms with Crippen LogP contribution in [-0.4, -0.2) is 35.6 Å². The second-order valence-electron chi connectivity index (χ2n) is 2.44. The molecular weight excluding hydrogens is 233 g/mol. The zero-order chi connectivity index (χ0) is 12.9. The van der Waals surface area contributed by atoms with E-state index in [0.29, 0.717) is 0 Å². The van der Waals surface area contributed by atoms with Crippen molar-refractivity contribution in [3.63, 3.8) is 0 Å². The number of carbonyl (C=O) groups is 3. The van der Waals surface area contributed by atoms with Crippen LogP contribution in [0, 0.1) is 0 Å². The molecule has 0 aromatic carbocycles. The fourth-order valence-electron chi connectivity index (χ4n) is 0.702. The second-order valence-corrected chi connectivity index (χ2v) is 2.44. The van der Waals surface area contributed by atoms with Gasteiger partial charge in [0.05, 0.1) is 6.61 Å². The van der Waals surface area contributed by atoms with Gasteiger partial charge in [-0.25, -0.2) is 9.59 Å². The lowest BCUT2D eigenvalue weighted by Crippen LogP contribution is -2.29. The van der Waals surface area contributed by atoms with Gasteiger partial charge < -0.3 is 9.84 Å². The third-order valence-electron chi connectivity index (χ3n) is 1.27. The zero-order valence-corrected chi connectivity index (χ0v) is 8.00. The minimum Gasteiger partial charge on any atom is -0.478 e. The molecule has 0 aliphatic heterocycles. The fourth-order valence-corrected chi connectivity index (χ4v) is 0.702. The number of rotatable bonds is 4. The highest BCUT2D eigenvalue weighted by Crippen LogP contribution is 2.21. The maximum absolute atomic E-state index is 12.0. The third kappa shape index (κ3) is 4.11. The van der Waals surface area contributed by atoms with Crippen LogP contribution < -0.4 is 0 Å². The number of Topliss-reactive ketones (excluding diaryl/α,β-unsaturated/α-hetero) is 1. The molecule has 0 aliphatic carbocycles. The van der Waals surface area contributed by atoms with E-state index in [4.69, 9.17) is 5.11 Å². The van der Waals surface area contributed by atoms with Crippen LogP contribution in [0.3, 0.4) is 0 Å². The van der Waals surface area contributed by atoms with E-state index in [1.54, 1.807) is 0 Å². The maximum Gasteiger partial charge on any atom is 0.455 e. The Kier molecular flexibility index (Phi) is 4.67. The zero-order valence-electron chi connectivity index (χ0n) is 8.00. The number of ketones is 1. The molecule has 8 heteroatoms. The first kappa shape index (κ1) is 14.1. The van der Waals surface area contributed by atoms with Crippen molar-refractivity contribution in [1.29, 1.82) is 0 Å². The summed E-state index contributed by atoms with van der Waals surface area (Å²) in [6.45, 7) is 1.02. The van der Waals surface area contributed by atoms with Gasteiger partial charge >= 0.3 is 18.1 Å². The average Bonchev–Trinajstić information content (AvgIpc) is 2.11. The Bertz CT molecular complexity index is 342. The molecule has 0 rings (SSSR count). The SMILES string of the molecule is CCOC(=O)C(=CC(=O)O)C(=O)C(F)(F)F.